The van der Waals surface area contributed by atoms with Gasteiger partial charge in [0.2, 0.25) is 5.91 Å². The van der Waals surface area contributed by atoms with Crippen LogP contribution in [-0.4, -0.2) is 47.1 Å². The van der Waals surface area contributed by atoms with Gasteiger partial charge < -0.3 is 10.4 Å². The molecule has 94 valence electrons. The van der Waals surface area contributed by atoms with Gasteiger partial charge >= 0.3 is 0 Å². The zero-order chi connectivity index (χ0) is 12.3. The van der Waals surface area contributed by atoms with Gasteiger partial charge in [0.1, 0.15) is 0 Å². The Kier molecular flexibility index (Phi) is 4.09. The fraction of sp³-hybridized carbons (Fsp3) is 0.636. The second-order valence-corrected chi connectivity index (χ2v) is 5.27. The number of anilines is 1. The van der Waals surface area contributed by atoms with E-state index in [1.165, 1.54) is 11.3 Å². The highest BCUT2D eigenvalue weighted by atomic mass is 32.1. The molecule has 1 aliphatic rings. The summed E-state index contributed by atoms with van der Waals surface area (Å²) >= 11 is 1.44. The number of carbonyl (C=O) groups is 1. The predicted octanol–water partition coefficient (Wildman–Crippen LogP) is 0.704. The van der Waals surface area contributed by atoms with Crippen LogP contribution in [0.3, 0.4) is 0 Å². The van der Waals surface area contributed by atoms with Crippen molar-refractivity contribution in [2.24, 2.45) is 5.92 Å². The third-order valence-corrected chi connectivity index (χ3v) is 3.74. The maximum Gasteiger partial charge on any atom is 0.240 e. The number of nitrogens with zero attached hydrogens (tertiary/aromatic N) is 2. The summed E-state index contributed by atoms with van der Waals surface area (Å²) in [5.74, 6) is 0.294. The van der Waals surface area contributed by atoms with Crippen LogP contribution in [0.2, 0.25) is 0 Å². The molecule has 0 radical (unpaired) electrons. The lowest BCUT2D eigenvalue weighted by atomic mass is 10.1. The fourth-order valence-electron chi connectivity index (χ4n) is 1.98. The molecule has 6 heteroatoms. The standard InChI is InChI=1S/C11H17N3O2S/c1-8-7-17-11(12-8)13-10(16)5-14-3-2-9(4-14)6-15/h7,9,15H,2-6H2,1H3,(H,12,13,16). The predicted molar refractivity (Wildman–Crippen MR) is 67.1 cm³/mol. The van der Waals surface area contributed by atoms with Crippen molar-refractivity contribution in [3.8, 4) is 0 Å². The van der Waals surface area contributed by atoms with Gasteiger partial charge in [0.25, 0.3) is 0 Å². The van der Waals surface area contributed by atoms with Gasteiger partial charge in [-0.05, 0) is 25.8 Å². The number of rotatable bonds is 4. The molecule has 1 unspecified atom stereocenters. The first-order valence-electron chi connectivity index (χ1n) is 5.72. The molecule has 1 amide bonds. The lowest BCUT2D eigenvalue weighted by Crippen LogP contribution is -2.31. The number of aryl methyl sites for hydroxylation is 1. The normalized spacial score (nSPS) is 20.7. The number of aliphatic hydroxyl groups excluding tert-OH is 1. The van der Waals surface area contributed by atoms with Crippen LogP contribution in [0.1, 0.15) is 12.1 Å². The first kappa shape index (κ1) is 12.5. The molecule has 0 saturated carbocycles. The zero-order valence-electron chi connectivity index (χ0n) is 9.85. The summed E-state index contributed by atoms with van der Waals surface area (Å²) < 4.78 is 0. The SMILES string of the molecule is Cc1csc(NC(=O)CN2CCC(CO)C2)n1. The Bertz CT molecular complexity index is 394. The van der Waals surface area contributed by atoms with Gasteiger partial charge in [-0.2, -0.15) is 0 Å². The maximum absolute atomic E-state index is 11.7. The number of thiazole rings is 1. The van der Waals surface area contributed by atoms with E-state index in [2.05, 4.69) is 15.2 Å². The molecule has 0 bridgehead atoms. The van der Waals surface area contributed by atoms with Gasteiger partial charge in [0.05, 0.1) is 12.2 Å². The Balaban J connectivity index is 1.78. The molecule has 1 saturated heterocycles. The summed E-state index contributed by atoms with van der Waals surface area (Å²) in [6, 6.07) is 0. The van der Waals surface area contributed by atoms with Crippen molar-refractivity contribution in [1.82, 2.24) is 9.88 Å². The molecule has 1 aromatic heterocycles. The molecule has 0 aromatic carbocycles. The van der Waals surface area contributed by atoms with E-state index in [1.807, 2.05) is 12.3 Å². The quantitative estimate of drug-likeness (QED) is 0.831. The topological polar surface area (TPSA) is 65.5 Å². The zero-order valence-corrected chi connectivity index (χ0v) is 10.7. The molecule has 17 heavy (non-hydrogen) atoms. The maximum atomic E-state index is 11.7. The third-order valence-electron chi connectivity index (χ3n) is 2.86. The molecule has 1 aliphatic heterocycles. The fourth-order valence-corrected chi connectivity index (χ4v) is 2.68. The summed E-state index contributed by atoms with van der Waals surface area (Å²) in [6.07, 6.45) is 0.972. The molecule has 1 atom stereocenters. The van der Waals surface area contributed by atoms with E-state index < -0.39 is 0 Å². The lowest BCUT2D eigenvalue weighted by Gasteiger charge is -2.14. The molecule has 2 N–H and O–H groups in total. The van der Waals surface area contributed by atoms with Crippen LogP contribution >= 0.6 is 11.3 Å². The number of aliphatic hydroxyl groups is 1. The van der Waals surface area contributed by atoms with Gasteiger partial charge in [-0.15, -0.1) is 11.3 Å². The number of amides is 1. The van der Waals surface area contributed by atoms with Crippen molar-refractivity contribution in [1.29, 1.82) is 0 Å². The number of nitrogens with one attached hydrogen (secondary N) is 1. The minimum atomic E-state index is -0.0297. The van der Waals surface area contributed by atoms with E-state index in [-0.39, 0.29) is 12.5 Å². The lowest BCUT2D eigenvalue weighted by molar-refractivity contribution is -0.117. The Morgan fingerprint density at radius 2 is 2.59 bits per heavy atom. The molecular weight excluding hydrogens is 238 g/mol. The van der Waals surface area contributed by atoms with Crippen molar-refractivity contribution < 1.29 is 9.90 Å². The van der Waals surface area contributed by atoms with Crippen molar-refractivity contribution in [2.75, 3.05) is 31.6 Å². The van der Waals surface area contributed by atoms with Crippen LogP contribution in [-0.2, 0) is 4.79 Å². The van der Waals surface area contributed by atoms with Gasteiger partial charge in [-0.3, -0.25) is 9.69 Å². The Labute approximate surface area is 104 Å². The average molecular weight is 255 g/mol. The Morgan fingerprint density at radius 3 is 3.18 bits per heavy atom. The molecular formula is C11H17N3O2S. The average Bonchev–Trinajstić information content (AvgIpc) is 2.88. The number of carbonyl (C=O) groups excluding carboxylic acids is 1. The first-order chi connectivity index (χ1) is 8.17. The second kappa shape index (κ2) is 5.57. The molecule has 2 rings (SSSR count). The monoisotopic (exact) mass is 255 g/mol. The van der Waals surface area contributed by atoms with E-state index in [0.29, 0.717) is 17.6 Å². The molecule has 2 heterocycles. The number of aromatic nitrogens is 1. The molecule has 1 aromatic rings. The highest BCUT2D eigenvalue weighted by Crippen LogP contribution is 2.16. The summed E-state index contributed by atoms with van der Waals surface area (Å²) in [6.45, 7) is 4.19. The van der Waals surface area contributed by atoms with Gasteiger partial charge in [0, 0.05) is 18.5 Å². The van der Waals surface area contributed by atoms with Gasteiger partial charge in [-0.25, -0.2) is 4.98 Å². The summed E-state index contributed by atoms with van der Waals surface area (Å²) in [5.41, 5.74) is 0.923. The number of hydrogen-bond donors (Lipinski definition) is 2. The minimum Gasteiger partial charge on any atom is -0.396 e. The van der Waals surface area contributed by atoms with Crippen molar-refractivity contribution in [3.63, 3.8) is 0 Å². The van der Waals surface area contributed by atoms with E-state index >= 15 is 0 Å². The van der Waals surface area contributed by atoms with E-state index in [4.69, 9.17) is 5.11 Å². The first-order valence-corrected chi connectivity index (χ1v) is 6.60. The minimum absolute atomic E-state index is 0.0297. The molecule has 0 aliphatic carbocycles. The van der Waals surface area contributed by atoms with Crippen molar-refractivity contribution in [3.05, 3.63) is 11.1 Å². The van der Waals surface area contributed by atoms with Crippen molar-refractivity contribution in [2.45, 2.75) is 13.3 Å². The van der Waals surface area contributed by atoms with Crippen molar-refractivity contribution >= 4 is 22.4 Å². The van der Waals surface area contributed by atoms with E-state index in [0.717, 1.165) is 25.2 Å². The van der Waals surface area contributed by atoms with E-state index in [9.17, 15) is 4.79 Å². The Morgan fingerprint density at radius 1 is 1.76 bits per heavy atom. The summed E-state index contributed by atoms with van der Waals surface area (Å²) in [7, 11) is 0. The third kappa shape index (κ3) is 3.49. The summed E-state index contributed by atoms with van der Waals surface area (Å²) in [4.78, 5) is 18.0. The highest BCUT2D eigenvalue weighted by molar-refractivity contribution is 7.13. The van der Waals surface area contributed by atoms with Gasteiger partial charge in [-0.1, -0.05) is 0 Å². The second-order valence-electron chi connectivity index (χ2n) is 4.41. The largest absolute Gasteiger partial charge is 0.396 e. The van der Waals surface area contributed by atoms with E-state index in [1.54, 1.807) is 0 Å². The van der Waals surface area contributed by atoms with Crippen LogP contribution < -0.4 is 5.32 Å². The van der Waals surface area contributed by atoms with Crippen LogP contribution in [0, 0.1) is 12.8 Å². The van der Waals surface area contributed by atoms with Crippen LogP contribution in [0.15, 0.2) is 5.38 Å². The van der Waals surface area contributed by atoms with Gasteiger partial charge in [0.15, 0.2) is 5.13 Å². The van der Waals surface area contributed by atoms with Crippen LogP contribution in [0.5, 0.6) is 0 Å². The Hall–Kier alpha value is -0.980. The number of likely N-dealkylation sites (tertiary alicyclic amines) is 1. The van der Waals surface area contributed by atoms with Crippen LogP contribution in [0.4, 0.5) is 5.13 Å². The smallest absolute Gasteiger partial charge is 0.240 e. The number of hydrogen-bond acceptors (Lipinski definition) is 5. The van der Waals surface area contributed by atoms with Crippen LogP contribution in [0.25, 0.3) is 0 Å². The highest BCUT2D eigenvalue weighted by Gasteiger charge is 2.23. The molecule has 1 fully saturated rings. The molecule has 5 nitrogen and oxygen atoms in total. The summed E-state index contributed by atoms with van der Waals surface area (Å²) in [5, 5.41) is 14.4. The molecule has 0 spiro atoms.